The van der Waals surface area contributed by atoms with Gasteiger partial charge < -0.3 is 13.9 Å². The Morgan fingerprint density at radius 1 is 0.463 bits per heavy atom. The summed E-state index contributed by atoms with van der Waals surface area (Å²) in [7, 11) is 0. The van der Waals surface area contributed by atoms with Crippen molar-refractivity contribution in [1.82, 2.24) is 4.57 Å². The molecule has 1 aliphatic rings. The van der Waals surface area contributed by atoms with E-state index in [-0.39, 0.29) is 5.41 Å². The molecule has 0 bridgehead atoms. The summed E-state index contributed by atoms with van der Waals surface area (Å²) >= 11 is 0. The largest absolute Gasteiger partial charge is 0.456 e. The van der Waals surface area contributed by atoms with Crippen molar-refractivity contribution in [3.8, 4) is 27.9 Å². The van der Waals surface area contributed by atoms with Crippen LogP contribution < -0.4 is 4.90 Å². The van der Waals surface area contributed by atoms with Gasteiger partial charge in [0.2, 0.25) is 0 Å². The van der Waals surface area contributed by atoms with E-state index in [2.05, 4.69) is 193 Å². The molecule has 54 heavy (non-hydrogen) atoms. The predicted octanol–water partition coefficient (Wildman–Crippen LogP) is 14.1. The minimum atomic E-state index is -0.106. The number of para-hydroxylation sites is 3. The number of fused-ring (bicyclic) bond motifs is 9. The summed E-state index contributed by atoms with van der Waals surface area (Å²) in [4.78, 5) is 2.40. The number of rotatable bonds is 5. The van der Waals surface area contributed by atoms with Crippen LogP contribution in [0.1, 0.15) is 25.0 Å². The molecule has 2 aromatic heterocycles. The van der Waals surface area contributed by atoms with Crippen molar-refractivity contribution in [2.24, 2.45) is 0 Å². The van der Waals surface area contributed by atoms with E-state index >= 15 is 0 Å². The fourth-order valence-electron chi connectivity index (χ4n) is 9.01. The summed E-state index contributed by atoms with van der Waals surface area (Å²) in [6.45, 7) is 4.68. The molecule has 10 aromatic rings. The molecule has 0 fully saturated rings. The number of hydrogen-bond acceptors (Lipinski definition) is 2. The standard InChI is InChI=1S/C51H36N2O/c1-51(2)43-16-7-3-15-42(43)50-44(51)17-11-20-47(50)52(37-30-31-41-40-14-6-10-21-48(40)54-49(41)32-37)35-26-22-33(23-27-35)34-24-28-36(29-25-34)53-45-18-8-4-12-38(45)39-13-5-9-19-46(39)53/h3-32H,1-2H3. The molecule has 1 aliphatic carbocycles. The molecule has 0 saturated carbocycles. The summed E-state index contributed by atoms with van der Waals surface area (Å²) in [6, 6.07) is 65.9. The van der Waals surface area contributed by atoms with E-state index in [1.54, 1.807) is 0 Å². The highest BCUT2D eigenvalue weighted by atomic mass is 16.3. The second kappa shape index (κ2) is 11.6. The molecule has 0 spiro atoms. The summed E-state index contributed by atoms with van der Waals surface area (Å²) in [5.41, 5.74) is 16.2. The van der Waals surface area contributed by atoms with Gasteiger partial charge in [-0.1, -0.05) is 129 Å². The van der Waals surface area contributed by atoms with Gasteiger partial charge in [0.1, 0.15) is 11.2 Å². The van der Waals surface area contributed by atoms with Crippen molar-refractivity contribution in [3.63, 3.8) is 0 Å². The van der Waals surface area contributed by atoms with Crippen molar-refractivity contribution < 1.29 is 4.42 Å². The van der Waals surface area contributed by atoms with E-state index in [0.29, 0.717) is 0 Å². The highest BCUT2D eigenvalue weighted by Gasteiger charge is 2.37. The van der Waals surface area contributed by atoms with Crippen LogP contribution >= 0.6 is 0 Å². The average Bonchev–Trinajstić information content (AvgIpc) is 3.84. The minimum absolute atomic E-state index is 0.106. The Hall–Kier alpha value is -6.84. The van der Waals surface area contributed by atoms with Crippen LogP contribution in [0.2, 0.25) is 0 Å². The molecule has 0 radical (unpaired) electrons. The van der Waals surface area contributed by atoms with Gasteiger partial charge in [0.15, 0.2) is 0 Å². The molecule has 8 aromatic carbocycles. The molecule has 256 valence electrons. The number of anilines is 3. The van der Waals surface area contributed by atoms with Gasteiger partial charge in [0, 0.05) is 55.7 Å². The van der Waals surface area contributed by atoms with Crippen molar-refractivity contribution in [2.45, 2.75) is 19.3 Å². The monoisotopic (exact) mass is 692 g/mol. The molecule has 3 nitrogen and oxygen atoms in total. The molecule has 0 atom stereocenters. The number of hydrogen-bond donors (Lipinski definition) is 0. The van der Waals surface area contributed by atoms with Crippen LogP contribution in [0.5, 0.6) is 0 Å². The zero-order valence-electron chi connectivity index (χ0n) is 30.1. The van der Waals surface area contributed by atoms with Crippen LogP contribution in [-0.4, -0.2) is 4.57 Å². The highest BCUT2D eigenvalue weighted by Crippen LogP contribution is 2.54. The van der Waals surface area contributed by atoms with E-state index in [0.717, 1.165) is 44.7 Å². The van der Waals surface area contributed by atoms with E-state index in [4.69, 9.17) is 4.42 Å². The Balaban J connectivity index is 1.03. The zero-order chi connectivity index (χ0) is 36.0. The Morgan fingerprint density at radius 3 is 1.78 bits per heavy atom. The van der Waals surface area contributed by atoms with Crippen molar-refractivity contribution in [3.05, 3.63) is 193 Å². The lowest BCUT2D eigenvalue weighted by molar-refractivity contribution is 0.660. The lowest BCUT2D eigenvalue weighted by Gasteiger charge is -2.29. The number of aromatic nitrogens is 1. The van der Waals surface area contributed by atoms with Crippen LogP contribution in [0.3, 0.4) is 0 Å². The number of benzene rings is 8. The van der Waals surface area contributed by atoms with Gasteiger partial charge in [-0.15, -0.1) is 0 Å². The van der Waals surface area contributed by atoms with Crippen molar-refractivity contribution >= 4 is 60.8 Å². The van der Waals surface area contributed by atoms with Gasteiger partial charge in [-0.3, -0.25) is 0 Å². The summed E-state index contributed by atoms with van der Waals surface area (Å²) in [5.74, 6) is 0. The van der Waals surface area contributed by atoms with Crippen LogP contribution in [-0.2, 0) is 5.41 Å². The Morgan fingerprint density at radius 2 is 1.04 bits per heavy atom. The fourth-order valence-corrected chi connectivity index (χ4v) is 9.01. The quantitative estimate of drug-likeness (QED) is 0.179. The van der Waals surface area contributed by atoms with Crippen molar-refractivity contribution in [1.29, 1.82) is 0 Å². The lowest BCUT2D eigenvalue weighted by atomic mass is 9.82. The lowest BCUT2D eigenvalue weighted by Crippen LogP contribution is -2.16. The summed E-state index contributed by atoms with van der Waals surface area (Å²) in [5, 5.41) is 4.80. The maximum atomic E-state index is 6.43. The van der Waals surface area contributed by atoms with Gasteiger partial charge >= 0.3 is 0 Å². The van der Waals surface area contributed by atoms with Crippen LogP contribution in [0.25, 0.3) is 71.7 Å². The molecule has 0 N–H and O–H groups in total. The zero-order valence-corrected chi connectivity index (χ0v) is 30.1. The second-order valence-corrected chi connectivity index (χ2v) is 14.9. The predicted molar refractivity (Wildman–Crippen MR) is 226 cm³/mol. The van der Waals surface area contributed by atoms with Gasteiger partial charge in [0.25, 0.3) is 0 Å². The normalized spacial score (nSPS) is 13.1. The SMILES string of the molecule is CC1(C)c2ccccc2-c2c(N(c3ccc(-c4ccc(-n5c6ccccc6c6ccccc65)cc4)cc3)c3ccc4c(c3)oc3ccccc34)cccc21. The maximum Gasteiger partial charge on any atom is 0.137 e. The van der Waals surface area contributed by atoms with Crippen molar-refractivity contribution in [2.75, 3.05) is 4.90 Å². The first kappa shape index (κ1) is 30.8. The first-order valence-electron chi connectivity index (χ1n) is 18.7. The van der Waals surface area contributed by atoms with E-state index in [1.807, 2.05) is 12.1 Å². The molecule has 0 saturated heterocycles. The van der Waals surface area contributed by atoms with Gasteiger partial charge in [-0.25, -0.2) is 0 Å². The van der Waals surface area contributed by atoms with Crippen LogP contribution in [0, 0.1) is 0 Å². The number of furan rings is 1. The summed E-state index contributed by atoms with van der Waals surface area (Å²) < 4.78 is 8.80. The Labute approximate surface area is 314 Å². The molecule has 0 amide bonds. The first-order valence-corrected chi connectivity index (χ1v) is 18.7. The van der Waals surface area contributed by atoms with Crippen LogP contribution in [0.15, 0.2) is 186 Å². The molecule has 2 heterocycles. The maximum absolute atomic E-state index is 6.43. The molecular weight excluding hydrogens is 657 g/mol. The molecule has 11 rings (SSSR count). The van der Waals surface area contributed by atoms with Gasteiger partial charge in [0.05, 0.1) is 16.7 Å². The molecule has 3 heteroatoms. The minimum Gasteiger partial charge on any atom is -0.456 e. The fraction of sp³-hybridized carbons (Fsp3) is 0.0588. The smallest absolute Gasteiger partial charge is 0.137 e. The molecule has 0 aliphatic heterocycles. The van der Waals surface area contributed by atoms with E-state index in [9.17, 15) is 0 Å². The van der Waals surface area contributed by atoms with Crippen LogP contribution in [0.4, 0.5) is 17.1 Å². The molecular formula is C51H36N2O. The third-order valence-corrected chi connectivity index (χ3v) is 11.6. The first-order chi connectivity index (χ1) is 26.5. The van der Waals surface area contributed by atoms with E-state index in [1.165, 1.54) is 55.2 Å². The Bertz CT molecular complexity index is 3020. The topological polar surface area (TPSA) is 21.3 Å². The van der Waals surface area contributed by atoms with E-state index < -0.39 is 0 Å². The van der Waals surface area contributed by atoms with Gasteiger partial charge in [-0.05, 0) is 88.5 Å². The second-order valence-electron chi connectivity index (χ2n) is 14.9. The molecule has 0 unspecified atom stereocenters. The third kappa shape index (κ3) is 4.48. The number of nitrogens with zero attached hydrogens (tertiary/aromatic N) is 2. The Kier molecular flexibility index (Phi) is 6.60. The third-order valence-electron chi connectivity index (χ3n) is 11.6. The van der Waals surface area contributed by atoms with Gasteiger partial charge in [-0.2, -0.15) is 0 Å². The summed E-state index contributed by atoms with van der Waals surface area (Å²) in [6.07, 6.45) is 0. The average molecular weight is 693 g/mol. The highest BCUT2D eigenvalue weighted by molar-refractivity contribution is 6.09.